The van der Waals surface area contributed by atoms with Crippen molar-refractivity contribution in [3.8, 4) is 11.5 Å². The van der Waals surface area contributed by atoms with E-state index in [9.17, 15) is 22.8 Å². The summed E-state index contributed by atoms with van der Waals surface area (Å²) in [6, 6.07) is 3.84. The van der Waals surface area contributed by atoms with E-state index >= 15 is 0 Å². The Morgan fingerprint density at radius 3 is 2.66 bits per heavy atom. The average Bonchev–Trinajstić information content (AvgIpc) is 3.04. The van der Waals surface area contributed by atoms with Crippen LogP contribution in [0.25, 0.3) is 11.5 Å². The number of carbonyl (C=O) groups is 2. The largest absolute Gasteiger partial charge is 0.469 e. The molecule has 1 saturated heterocycles. The smallest absolute Gasteiger partial charge is 0.416 e. The first-order valence-electron chi connectivity index (χ1n) is 8.91. The molecule has 1 N–H and O–H groups in total. The minimum Gasteiger partial charge on any atom is -0.469 e. The van der Waals surface area contributed by atoms with Gasteiger partial charge in [-0.1, -0.05) is 0 Å². The van der Waals surface area contributed by atoms with Crippen LogP contribution in [0.5, 0.6) is 0 Å². The molecule has 2 aromatic rings. The Morgan fingerprint density at radius 1 is 1.34 bits per heavy atom. The number of carbonyl (C=O) groups excluding carboxylic acids is 2. The van der Waals surface area contributed by atoms with Gasteiger partial charge in [-0.15, -0.1) is 0 Å². The molecule has 1 atom stereocenters. The number of halogens is 3. The van der Waals surface area contributed by atoms with Crippen LogP contribution in [0.4, 0.5) is 13.2 Å². The lowest BCUT2D eigenvalue weighted by Gasteiger charge is -2.33. The number of oxazole rings is 1. The lowest BCUT2D eigenvalue weighted by molar-refractivity contribution is -0.146. The number of piperazine rings is 1. The Hall–Kier alpha value is -2.88. The van der Waals surface area contributed by atoms with Gasteiger partial charge >= 0.3 is 12.1 Å². The van der Waals surface area contributed by atoms with E-state index in [0.29, 0.717) is 30.1 Å². The van der Waals surface area contributed by atoms with Crippen LogP contribution < -0.4 is 5.32 Å². The first-order valence-corrected chi connectivity index (χ1v) is 8.91. The summed E-state index contributed by atoms with van der Waals surface area (Å²) >= 11 is 0. The van der Waals surface area contributed by atoms with Crippen molar-refractivity contribution in [2.75, 3.05) is 20.2 Å². The molecule has 29 heavy (non-hydrogen) atoms. The van der Waals surface area contributed by atoms with E-state index in [4.69, 9.17) is 4.42 Å². The molecule has 1 aliphatic rings. The number of nitrogens with zero attached hydrogens (tertiary/aromatic N) is 2. The monoisotopic (exact) mass is 411 g/mol. The topological polar surface area (TPSA) is 84.7 Å². The molecule has 1 fully saturated rings. The normalized spacial score (nSPS) is 17.8. The predicted molar refractivity (Wildman–Crippen MR) is 95.5 cm³/mol. The van der Waals surface area contributed by atoms with Gasteiger partial charge < -0.3 is 14.5 Å². The van der Waals surface area contributed by atoms with E-state index in [0.717, 1.165) is 12.1 Å². The summed E-state index contributed by atoms with van der Waals surface area (Å²) in [6.07, 6.45) is -4.51. The number of benzene rings is 1. The molecule has 0 radical (unpaired) electrons. The number of methoxy groups -OCH3 is 1. The Morgan fingerprint density at radius 2 is 2.03 bits per heavy atom. The van der Waals surface area contributed by atoms with E-state index in [1.165, 1.54) is 19.2 Å². The molecule has 1 aromatic heterocycles. The highest BCUT2D eigenvalue weighted by Crippen LogP contribution is 2.31. The van der Waals surface area contributed by atoms with Crippen molar-refractivity contribution in [2.45, 2.75) is 32.1 Å². The molecular weight excluding hydrogens is 391 g/mol. The van der Waals surface area contributed by atoms with Gasteiger partial charge in [0, 0.05) is 25.2 Å². The maximum atomic E-state index is 12.7. The molecule has 1 unspecified atom stereocenters. The second kappa shape index (κ2) is 8.24. The lowest BCUT2D eigenvalue weighted by Crippen LogP contribution is -2.55. The summed E-state index contributed by atoms with van der Waals surface area (Å²) in [5.74, 6) is -0.0926. The van der Waals surface area contributed by atoms with Gasteiger partial charge in [-0.25, -0.2) is 4.98 Å². The zero-order chi connectivity index (χ0) is 21.2. The van der Waals surface area contributed by atoms with E-state index in [-0.39, 0.29) is 24.8 Å². The molecule has 0 bridgehead atoms. The minimum absolute atomic E-state index is 0.0923. The highest BCUT2D eigenvalue weighted by molar-refractivity contribution is 5.87. The second-order valence-corrected chi connectivity index (χ2v) is 6.65. The van der Waals surface area contributed by atoms with Crippen molar-refractivity contribution in [1.82, 2.24) is 15.2 Å². The van der Waals surface area contributed by atoms with Crippen LogP contribution in [0.15, 0.2) is 28.7 Å². The molecule has 10 heteroatoms. The Bertz CT molecular complexity index is 893. The van der Waals surface area contributed by atoms with Crippen molar-refractivity contribution >= 4 is 11.9 Å². The number of aryl methyl sites for hydroxylation is 1. The maximum absolute atomic E-state index is 12.7. The van der Waals surface area contributed by atoms with Crippen LogP contribution in [0.1, 0.15) is 23.4 Å². The van der Waals surface area contributed by atoms with Crippen LogP contribution in [-0.4, -0.2) is 48.0 Å². The summed E-state index contributed by atoms with van der Waals surface area (Å²) < 4.78 is 48.5. The fourth-order valence-electron chi connectivity index (χ4n) is 3.11. The van der Waals surface area contributed by atoms with E-state index in [1.54, 1.807) is 11.8 Å². The molecular formula is C19H20F3N3O4. The molecule has 1 amide bonds. The number of hydrogen-bond donors (Lipinski definition) is 1. The second-order valence-electron chi connectivity index (χ2n) is 6.65. The SMILES string of the molecule is COC(=O)CC1C(=O)NCCN1Cc1nc(-c2ccc(C(F)(F)F)cc2)oc1C. The molecule has 0 aliphatic carbocycles. The number of esters is 1. The summed E-state index contributed by atoms with van der Waals surface area (Å²) in [6.45, 7) is 2.88. The van der Waals surface area contributed by atoms with Gasteiger partial charge in [0.2, 0.25) is 11.8 Å². The number of amides is 1. The standard InChI is InChI=1S/C19H20F3N3O4/c1-11-14(10-25-8-7-23-17(27)15(25)9-16(26)28-2)24-18(29-11)12-3-5-13(6-4-12)19(20,21)22/h3-6,15H,7-10H2,1-2H3,(H,23,27). The summed E-state index contributed by atoms with van der Waals surface area (Å²) in [5, 5.41) is 2.72. The van der Waals surface area contributed by atoms with E-state index in [2.05, 4.69) is 15.0 Å². The van der Waals surface area contributed by atoms with Gasteiger partial charge in [0.25, 0.3) is 0 Å². The Balaban J connectivity index is 1.79. The fourth-order valence-corrected chi connectivity index (χ4v) is 3.11. The molecule has 1 aliphatic heterocycles. The van der Waals surface area contributed by atoms with E-state index < -0.39 is 23.8 Å². The summed E-state index contributed by atoms with van der Waals surface area (Å²) in [5.41, 5.74) is 0.203. The first kappa shape index (κ1) is 20.8. The van der Waals surface area contributed by atoms with Gasteiger partial charge in [0.1, 0.15) is 11.8 Å². The maximum Gasteiger partial charge on any atom is 0.416 e. The third kappa shape index (κ3) is 4.76. The first-order chi connectivity index (χ1) is 13.7. The van der Waals surface area contributed by atoms with Crippen LogP contribution in [-0.2, 0) is 27.0 Å². The average molecular weight is 411 g/mol. The van der Waals surface area contributed by atoms with Crippen molar-refractivity contribution in [1.29, 1.82) is 0 Å². The van der Waals surface area contributed by atoms with Crippen molar-refractivity contribution in [2.24, 2.45) is 0 Å². The quantitative estimate of drug-likeness (QED) is 0.762. The Kier molecular flexibility index (Phi) is 5.92. The number of rotatable bonds is 5. The van der Waals surface area contributed by atoms with Crippen LogP contribution >= 0.6 is 0 Å². The van der Waals surface area contributed by atoms with Crippen LogP contribution in [0.2, 0.25) is 0 Å². The third-order valence-corrected chi connectivity index (χ3v) is 4.73. The van der Waals surface area contributed by atoms with Crippen molar-refractivity contribution in [3.63, 3.8) is 0 Å². The van der Waals surface area contributed by atoms with Gasteiger partial charge in [-0.2, -0.15) is 13.2 Å². The zero-order valence-electron chi connectivity index (χ0n) is 15.9. The van der Waals surface area contributed by atoms with E-state index in [1.807, 2.05) is 0 Å². The van der Waals surface area contributed by atoms with Gasteiger partial charge in [-0.3, -0.25) is 14.5 Å². The highest BCUT2D eigenvalue weighted by Gasteiger charge is 2.33. The van der Waals surface area contributed by atoms with Crippen LogP contribution in [0.3, 0.4) is 0 Å². The predicted octanol–water partition coefficient (Wildman–Crippen LogP) is 2.53. The lowest BCUT2D eigenvalue weighted by atomic mass is 10.1. The summed E-state index contributed by atoms with van der Waals surface area (Å²) in [7, 11) is 1.26. The highest BCUT2D eigenvalue weighted by atomic mass is 19.4. The molecule has 2 heterocycles. The summed E-state index contributed by atoms with van der Waals surface area (Å²) in [4.78, 5) is 30.0. The number of aromatic nitrogens is 1. The molecule has 7 nitrogen and oxygen atoms in total. The molecule has 156 valence electrons. The Labute approximate surface area is 164 Å². The number of hydrogen-bond acceptors (Lipinski definition) is 6. The number of ether oxygens (including phenoxy) is 1. The van der Waals surface area contributed by atoms with Gasteiger partial charge in [0.15, 0.2) is 0 Å². The molecule has 0 spiro atoms. The number of alkyl halides is 3. The van der Waals surface area contributed by atoms with Gasteiger partial charge in [-0.05, 0) is 31.2 Å². The molecule has 3 rings (SSSR count). The molecule has 0 saturated carbocycles. The van der Waals surface area contributed by atoms with Crippen molar-refractivity contribution in [3.05, 3.63) is 41.3 Å². The van der Waals surface area contributed by atoms with Gasteiger partial charge in [0.05, 0.1) is 24.8 Å². The zero-order valence-corrected chi connectivity index (χ0v) is 15.9. The number of nitrogens with one attached hydrogen (secondary N) is 1. The minimum atomic E-state index is -4.42. The van der Waals surface area contributed by atoms with Crippen LogP contribution in [0, 0.1) is 6.92 Å². The third-order valence-electron chi connectivity index (χ3n) is 4.73. The molecule has 1 aromatic carbocycles. The fraction of sp³-hybridized carbons (Fsp3) is 0.421. The van der Waals surface area contributed by atoms with Crippen molar-refractivity contribution < 1.29 is 31.9 Å².